The van der Waals surface area contributed by atoms with Crippen molar-refractivity contribution < 1.29 is 18.7 Å². The lowest BCUT2D eigenvalue weighted by molar-refractivity contribution is -0.136. The zero-order valence-corrected chi connectivity index (χ0v) is 14.7. The van der Waals surface area contributed by atoms with Crippen molar-refractivity contribution >= 4 is 29.2 Å². The van der Waals surface area contributed by atoms with Crippen molar-refractivity contribution in [3.63, 3.8) is 0 Å². The Balaban J connectivity index is 1.82. The maximum atomic E-state index is 13.2. The third-order valence-electron chi connectivity index (χ3n) is 4.80. The lowest BCUT2D eigenvalue weighted by Gasteiger charge is -2.32. The normalized spacial score (nSPS) is 19.7. The molecule has 2 aromatic carbocycles. The molecule has 0 unspecified atom stereocenters. The van der Waals surface area contributed by atoms with Crippen LogP contribution in [0.15, 0.2) is 53.7 Å². The standard InChI is InChI=1S/C20H15ClFNO3/c1-11-2-7-14(8-16(11)21)23-17-10-26-20(25)19(17)15(9-18(23)24)12-3-5-13(22)6-4-12/h2-8,15H,9-10H2,1H3/t15-/m1/s1. The van der Waals surface area contributed by atoms with Crippen LogP contribution < -0.4 is 4.90 Å². The highest BCUT2D eigenvalue weighted by atomic mass is 35.5. The SMILES string of the molecule is Cc1ccc(N2C(=O)C[C@H](c3ccc(F)cc3)C3=C2COC3=O)cc1Cl. The number of hydrogen-bond donors (Lipinski definition) is 0. The summed E-state index contributed by atoms with van der Waals surface area (Å²) in [6, 6.07) is 11.2. The van der Waals surface area contributed by atoms with Gasteiger partial charge in [-0.05, 0) is 42.3 Å². The van der Waals surface area contributed by atoms with Gasteiger partial charge in [-0.25, -0.2) is 9.18 Å². The van der Waals surface area contributed by atoms with Crippen LogP contribution in [-0.4, -0.2) is 18.5 Å². The zero-order chi connectivity index (χ0) is 18.4. The van der Waals surface area contributed by atoms with E-state index in [1.54, 1.807) is 24.3 Å². The molecule has 2 heterocycles. The first kappa shape index (κ1) is 16.8. The Kier molecular flexibility index (Phi) is 4.04. The molecule has 1 amide bonds. The predicted molar refractivity (Wildman–Crippen MR) is 95.4 cm³/mol. The van der Waals surface area contributed by atoms with E-state index in [9.17, 15) is 14.0 Å². The third kappa shape index (κ3) is 2.69. The summed E-state index contributed by atoms with van der Waals surface area (Å²) in [4.78, 5) is 26.7. The molecule has 0 radical (unpaired) electrons. The van der Waals surface area contributed by atoms with Crippen molar-refractivity contribution in [2.45, 2.75) is 19.3 Å². The molecular formula is C20H15ClFNO3. The van der Waals surface area contributed by atoms with E-state index in [0.717, 1.165) is 5.56 Å². The summed E-state index contributed by atoms with van der Waals surface area (Å²) in [6.45, 7) is 1.91. The number of ether oxygens (including phenoxy) is 1. The van der Waals surface area contributed by atoms with Crippen molar-refractivity contribution in [2.75, 3.05) is 11.5 Å². The summed E-state index contributed by atoms with van der Waals surface area (Å²) in [5, 5.41) is 0.545. The van der Waals surface area contributed by atoms with Crippen LogP contribution in [0.1, 0.15) is 23.5 Å². The molecule has 4 nitrogen and oxygen atoms in total. The van der Waals surface area contributed by atoms with Crippen LogP contribution in [0.5, 0.6) is 0 Å². The van der Waals surface area contributed by atoms with Gasteiger partial charge in [0.15, 0.2) is 0 Å². The number of benzene rings is 2. The molecule has 0 aromatic heterocycles. The fourth-order valence-corrected chi connectivity index (χ4v) is 3.63. The van der Waals surface area contributed by atoms with E-state index >= 15 is 0 Å². The number of esters is 1. The number of carbonyl (C=O) groups excluding carboxylic acids is 2. The first-order valence-electron chi connectivity index (χ1n) is 8.20. The smallest absolute Gasteiger partial charge is 0.336 e. The fourth-order valence-electron chi connectivity index (χ4n) is 3.45. The van der Waals surface area contributed by atoms with Gasteiger partial charge in [0.05, 0.1) is 17.0 Å². The van der Waals surface area contributed by atoms with Crippen LogP contribution in [0, 0.1) is 12.7 Å². The Morgan fingerprint density at radius 2 is 1.88 bits per heavy atom. The Labute approximate surface area is 154 Å². The molecule has 0 fully saturated rings. The predicted octanol–water partition coefficient (Wildman–Crippen LogP) is 4.12. The molecule has 0 saturated carbocycles. The van der Waals surface area contributed by atoms with Crippen LogP contribution in [-0.2, 0) is 14.3 Å². The van der Waals surface area contributed by atoms with Crippen LogP contribution in [0.4, 0.5) is 10.1 Å². The molecule has 2 aliphatic heterocycles. The van der Waals surface area contributed by atoms with E-state index < -0.39 is 11.9 Å². The van der Waals surface area contributed by atoms with Crippen molar-refractivity contribution in [3.8, 4) is 0 Å². The van der Waals surface area contributed by atoms with Gasteiger partial charge in [-0.15, -0.1) is 0 Å². The molecule has 26 heavy (non-hydrogen) atoms. The number of hydrogen-bond acceptors (Lipinski definition) is 3. The number of amides is 1. The van der Waals surface area contributed by atoms with Crippen LogP contribution in [0.25, 0.3) is 0 Å². The van der Waals surface area contributed by atoms with E-state index in [0.29, 0.717) is 27.5 Å². The number of halogens is 2. The van der Waals surface area contributed by atoms with Crippen molar-refractivity contribution in [2.24, 2.45) is 0 Å². The molecular weight excluding hydrogens is 357 g/mol. The zero-order valence-electron chi connectivity index (χ0n) is 14.0. The summed E-state index contributed by atoms with van der Waals surface area (Å²) in [6.07, 6.45) is 0.102. The molecule has 1 atom stereocenters. The topological polar surface area (TPSA) is 46.6 Å². The molecule has 132 valence electrons. The second-order valence-corrected chi connectivity index (χ2v) is 6.81. The van der Waals surface area contributed by atoms with Gasteiger partial charge in [0.2, 0.25) is 5.91 Å². The molecule has 0 N–H and O–H groups in total. The van der Waals surface area contributed by atoms with E-state index in [1.165, 1.54) is 17.0 Å². The average Bonchev–Trinajstić information content (AvgIpc) is 2.99. The van der Waals surface area contributed by atoms with Crippen molar-refractivity contribution in [3.05, 3.63) is 75.7 Å². The molecule has 0 saturated heterocycles. The minimum atomic E-state index is -0.440. The fraction of sp³-hybridized carbons (Fsp3) is 0.200. The van der Waals surface area contributed by atoms with E-state index in [4.69, 9.17) is 16.3 Å². The number of cyclic esters (lactones) is 1. The Bertz CT molecular complexity index is 952. The molecule has 6 heteroatoms. The Hall–Kier alpha value is -2.66. The first-order valence-corrected chi connectivity index (χ1v) is 8.58. The van der Waals surface area contributed by atoms with Gasteiger partial charge >= 0.3 is 5.97 Å². The number of nitrogens with zero attached hydrogens (tertiary/aromatic N) is 1. The van der Waals surface area contributed by atoms with Gasteiger partial charge in [-0.2, -0.15) is 0 Å². The average molecular weight is 372 g/mol. The summed E-state index contributed by atoms with van der Waals surface area (Å²) in [7, 11) is 0. The van der Waals surface area contributed by atoms with E-state index in [1.807, 2.05) is 13.0 Å². The highest BCUT2D eigenvalue weighted by Crippen LogP contribution is 2.42. The minimum absolute atomic E-state index is 0.0309. The maximum absolute atomic E-state index is 13.2. The molecule has 2 aromatic rings. The Morgan fingerprint density at radius 1 is 1.15 bits per heavy atom. The second-order valence-electron chi connectivity index (χ2n) is 6.41. The summed E-state index contributed by atoms with van der Waals surface area (Å²) in [5.41, 5.74) is 3.20. The highest BCUT2D eigenvalue weighted by Gasteiger charge is 2.43. The van der Waals surface area contributed by atoms with Gasteiger partial charge in [0.1, 0.15) is 12.4 Å². The van der Waals surface area contributed by atoms with Crippen LogP contribution >= 0.6 is 11.6 Å². The Morgan fingerprint density at radius 3 is 2.58 bits per heavy atom. The summed E-state index contributed by atoms with van der Waals surface area (Å²) in [5.74, 6) is -1.40. The second kappa shape index (κ2) is 6.25. The van der Waals surface area contributed by atoms with Gasteiger partial charge in [-0.1, -0.05) is 29.8 Å². The van der Waals surface area contributed by atoms with Crippen molar-refractivity contribution in [1.29, 1.82) is 0 Å². The largest absolute Gasteiger partial charge is 0.456 e. The number of carbonyl (C=O) groups is 2. The number of anilines is 1. The quantitative estimate of drug-likeness (QED) is 0.746. The third-order valence-corrected chi connectivity index (χ3v) is 5.21. The van der Waals surface area contributed by atoms with Gasteiger partial charge in [-0.3, -0.25) is 9.69 Å². The first-order chi connectivity index (χ1) is 12.5. The molecule has 2 aliphatic rings. The monoisotopic (exact) mass is 371 g/mol. The van der Waals surface area contributed by atoms with Gasteiger partial charge in [0.25, 0.3) is 0 Å². The number of aryl methyl sites for hydroxylation is 1. The number of rotatable bonds is 2. The molecule has 4 rings (SSSR count). The lowest BCUT2D eigenvalue weighted by atomic mass is 9.84. The molecule has 0 bridgehead atoms. The van der Waals surface area contributed by atoms with Crippen LogP contribution in [0.3, 0.4) is 0 Å². The highest BCUT2D eigenvalue weighted by molar-refractivity contribution is 6.31. The maximum Gasteiger partial charge on any atom is 0.336 e. The van der Waals surface area contributed by atoms with Crippen LogP contribution in [0.2, 0.25) is 5.02 Å². The van der Waals surface area contributed by atoms with Gasteiger partial charge in [0, 0.05) is 17.4 Å². The van der Waals surface area contributed by atoms with E-state index in [2.05, 4.69) is 0 Å². The summed E-state index contributed by atoms with van der Waals surface area (Å²) >= 11 is 6.20. The van der Waals surface area contributed by atoms with E-state index in [-0.39, 0.29) is 24.8 Å². The summed E-state index contributed by atoms with van der Waals surface area (Å²) < 4.78 is 18.5. The van der Waals surface area contributed by atoms with Crippen molar-refractivity contribution in [1.82, 2.24) is 0 Å². The molecule has 0 spiro atoms. The minimum Gasteiger partial charge on any atom is -0.456 e. The molecule has 0 aliphatic carbocycles. The lowest BCUT2D eigenvalue weighted by Crippen LogP contribution is -2.37. The van der Waals surface area contributed by atoms with Gasteiger partial charge < -0.3 is 4.74 Å².